The third-order valence-corrected chi connectivity index (χ3v) is 6.76. The second-order valence-electron chi connectivity index (χ2n) is 8.26. The Bertz CT molecular complexity index is 939. The van der Waals surface area contributed by atoms with Crippen LogP contribution in [0.5, 0.6) is 0 Å². The first-order valence-electron chi connectivity index (χ1n) is 10.7. The Labute approximate surface area is 187 Å². The van der Waals surface area contributed by atoms with Crippen LogP contribution in [0.4, 0.5) is 0 Å². The number of fused-ring (bicyclic) bond motifs is 1. The van der Waals surface area contributed by atoms with E-state index in [4.69, 9.17) is 11.6 Å². The smallest absolute Gasteiger partial charge is 0.262 e. The third-order valence-electron chi connectivity index (χ3n) is 5.54. The van der Waals surface area contributed by atoms with Gasteiger partial charge in [-0.15, -0.1) is 0 Å². The zero-order valence-corrected chi connectivity index (χ0v) is 19.6. The summed E-state index contributed by atoms with van der Waals surface area (Å²) in [7, 11) is 0. The molecule has 0 radical (unpaired) electrons. The molecule has 0 saturated carbocycles. The summed E-state index contributed by atoms with van der Waals surface area (Å²) < 4.78 is 1.70. The summed E-state index contributed by atoms with van der Waals surface area (Å²) in [6, 6.07) is 5.37. The van der Waals surface area contributed by atoms with Gasteiger partial charge < -0.3 is 10.2 Å². The minimum Gasteiger partial charge on any atom is -0.353 e. The fourth-order valence-corrected chi connectivity index (χ4v) is 4.66. The highest BCUT2D eigenvalue weighted by Gasteiger charge is 2.20. The number of likely N-dealkylation sites (tertiary alicyclic amines) is 1. The molecule has 0 bridgehead atoms. The molecule has 0 spiro atoms. The minimum absolute atomic E-state index is 0.00852. The molecule has 1 aromatic heterocycles. The summed E-state index contributed by atoms with van der Waals surface area (Å²) in [5, 5.41) is 4.82. The van der Waals surface area contributed by atoms with E-state index in [1.807, 2.05) is 0 Å². The van der Waals surface area contributed by atoms with Crippen molar-refractivity contribution in [2.75, 3.05) is 25.4 Å². The van der Waals surface area contributed by atoms with Crippen LogP contribution >= 0.6 is 23.4 Å². The van der Waals surface area contributed by atoms with Crippen LogP contribution in [0.25, 0.3) is 10.9 Å². The van der Waals surface area contributed by atoms with E-state index in [1.54, 1.807) is 22.8 Å². The third kappa shape index (κ3) is 5.99. The van der Waals surface area contributed by atoms with Gasteiger partial charge in [-0.3, -0.25) is 14.2 Å². The molecule has 1 fully saturated rings. The van der Waals surface area contributed by atoms with Gasteiger partial charge in [0, 0.05) is 30.7 Å². The van der Waals surface area contributed by atoms with Crippen LogP contribution in [-0.4, -0.2) is 51.8 Å². The molecule has 164 valence electrons. The summed E-state index contributed by atoms with van der Waals surface area (Å²) in [6.07, 6.45) is 2.84. The first kappa shape index (κ1) is 23.1. The zero-order valence-electron chi connectivity index (χ0n) is 18.0. The van der Waals surface area contributed by atoms with Gasteiger partial charge in [-0.05, 0) is 49.9 Å². The number of hydrogen-bond donors (Lipinski definition) is 1. The first-order valence-corrected chi connectivity index (χ1v) is 12.1. The number of hydrogen-bond acceptors (Lipinski definition) is 5. The maximum absolute atomic E-state index is 13.1. The van der Waals surface area contributed by atoms with E-state index in [1.165, 1.54) is 11.8 Å². The number of nitrogens with one attached hydrogen (secondary N) is 1. The lowest BCUT2D eigenvalue weighted by Crippen LogP contribution is -2.45. The van der Waals surface area contributed by atoms with Crippen molar-refractivity contribution in [3.63, 3.8) is 0 Å². The molecule has 1 aromatic carbocycles. The van der Waals surface area contributed by atoms with Crippen LogP contribution in [0.2, 0.25) is 5.02 Å². The maximum Gasteiger partial charge on any atom is 0.262 e. The molecule has 2 aromatic rings. The number of amides is 1. The molecule has 0 unspecified atom stereocenters. The monoisotopic (exact) mass is 450 g/mol. The topological polar surface area (TPSA) is 67.2 Å². The highest BCUT2D eigenvalue weighted by molar-refractivity contribution is 7.99. The molecule has 0 aliphatic carbocycles. The minimum atomic E-state index is -0.0767. The van der Waals surface area contributed by atoms with Gasteiger partial charge in [-0.1, -0.05) is 44.1 Å². The van der Waals surface area contributed by atoms with Crippen LogP contribution in [0.15, 0.2) is 28.2 Å². The Morgan fingerprint density at radius 1 is 1.33 bits per heavy atom. The summed E-state index contributed by atoms with van der Waals surface area (Å²) >= 11 is 7.42. The van der Waals surface area contributed by atoms with E-state index in [0.717, 1.165) is 38.9 Å². The Balaban J connectivity index is 1.72. The van der Waals surface area contributed by atoms with Crippen molar-refractivity contribution < 1.29 is 4.79 Å². The van der Waals surface area contributed by atoms with E-state index in [0.29, 0.717) is 33.5 Å². The van der Waals surface area contributed by atoms with E-state index in [-0.39, 0.29) is 23.3 Å². The predicted molar refractivity (Wildman–Crippen MR) is 124 cm³/mol. The van der Waals surface area contributed by atoms with E-state index in [2.05, 4.69) is 36.0 Å². The van der Waals surface area contributed by atoms with E-state index < -0.39 is 0 Å². The number of nitrogens with zero attached hydrogens (tertiary/aromatic N) is 3. The Kier molecular flexibility index (Phi) is 8.20. The average Bonchev–Trinajstić information content (AvgIpc) is 2.72. The van der Waals surface area contributed by atoms with Crippen LogP contribution in [0.1, 0.15) is 40.0 Å². The van der Waals surface area contributed by atoms with Crippen molar-refractivity contribution >= 4 is 40.2 Å². The second kappa shape index (κ2) is 10.6. The lowest BCUT2D eigenvalue weighted by Gasteiger charge is -2.31. The van der Waals surface area contributed by atoms with E-state index >= 15 is 0 Å². The Morgan fingerprint density at radius 3 is 2.73 bits per heavy atom. The maximum atomic E-state index is 13.1. The molecule has 30 heavy (non-hydrogen) atoms. The average molecular weight is 451 g/mol. The van der Waals surface area contributed by atoms with Crippen LogP contribution in [0, 0.1) is 5.92 Å². The number of aromatic nitrogens is 2. The highest BCUT2D eigenvalue weighted by Crippen LogP contribution is 2.21. The summed E-state index contributed by atoms with van der Waals surface area (Å²) in [4.78, 5) is 32.7. The van der Waals surface area contributed by atoms with Gasteiger partial charge >= 0.3 is 0 Å². The summed E-state index contributed by atoms with van der Waals surface area (Å²) in [6.45, 7) is 10.1. The molecular weight excluding hydrogens is 420 g/mol. The van der Waals surface area contributed by atoms with Crippen molar-refractivity contribution in [1.82, 2.24) is 19.8 Å². The van der Waals surface area contributed by atoms with E-state index in [9.17, 15) is 9.59 Å². The van der Waals surface area contributed by atoms with Crippen molar-refractivity contribution in [3.05, 3.63) is 33.6 Å². The number of halogens is 1. The van der Waals surface area contributed by atoms with Crippen molar-refractivity contribution in [2.24, 2.45) is 5.92 Å². The van der Waals surface area contributed by atoms with Gasteiger partial charge in [-0.25, -0.2) is 4.98 Å². The molecule has 3 rings (SSSR count). The normalized spacial score (nSPS) is 15.8. The molecule has 8 heteroatoms. The largest absolute Gasteiger partial charge is 0.353 e. The standard InChI is InChI=1S/C22H31ClN4O2S/c1-4-26-10-8-17(9-11-26)24-20(28)14-30-22-25-19-13-16(23)5-6-18(19)21(29)27(22)12-7-15(2)3/h5-6,13,15,17H,4,7-12,14H2,1-3H3,(H,24,28). The number of thioether (sulfide) groups is 1. The molecule has 1 amide bonds. The van der Waals surface area contributed by atoms with Gasteiger partial charge in [0.1, 0.15) is 0 Å². The Morgan fingerprint density at radius 2 is 2.07 bits per heavy atom. The molecule has 1 aliphatic heterocycles. The molecule has 1 aliphatic rings. The van der Waals surface area contributed by atoms with Crippen LogP contribution in [0.3, 0.4) is 0 Å². The summed E-state index contributed by atoms with van der Waals surface area (Å²) in [5.41, 5.74) is 0.496. The van der Waals surface area contributed by atoms with Gasteiger partial charge in [-0.2, -0.15) is 0 Å². The molecule has 1 N–H and O–H groups in total. The Hall–Kier alpha value is -1.57. The second-order valence-corrected chi connectivity index (χ2v) is 9.64. The van der Waals surface area contributed by atoms with Gasteiger partial charge in [0.25, 0.3) is 5.56 Å². The number of rotatable bonds is 8. The molecule has 0 atom stereocenters. The van der Waals surface area contributed by atoms with Crippen molar-refractivity contribution in [3.8, 4) is 0 Å². The fourth-order valence-electron chi connectivity index (χ4n) is 3.66. The fraction of sp³-hybridized carbons (Fsp3) is 0.591. The van der Waals surface area contributed by atoms with Crippen molar-refractivity contribution in [1.29, 1.82) is 0 Å². The molecular formula is C22H31ClN4O2S. The number of benzene rings is 1. The SMILES string of the molecule is CCN1CCC(NC(=O)CSc2nc3cc(Cl)ccc3c(=O)n2CCC(C)C)CC1. The quantitative estimate of drug-likeness (QED) is 0.489. The van der Waals surface area contributed by atoms with Crippen molar-refractivity contribution in [2.45, 2.75) is 57.8 Å². The zero-order chi connectivity index (χ0) is 21.7. The first-order chi connectivity index (χ1) is 14.4. The number of carbonyl (C=O) groups excluding carboxylic acids is 1. The molecule has 2 heterocycles. The van der Waals surface area contributed by atoms with Gasteiger partial charge in [0.2, 0.25) is 5.91 Å². The highest BCUT2D eigenvalue weighted by atomic mass is 35.5. The lowest BCUT2D eigenvalue weighted by atomic mass is 10.1. The lowest BCUT2D eigenvalue weighted by molar-refractivity contribution is -0.119. The summed E-state index contributed by atoms with van der Waals surface area (Å²) in [5.74, 6) is 0.701. The number of piperidine rings is 1. The number of carbonyl (C=O) groups is 1. The van der Waals surface area contributed by atoms with Gasteiger partial charge in [0.05, 0.1) is 16.7 Å². The van der Waals surface area contributed by atoms with Gasteiger partial charge in [0.15, 0.2) is 5.16 Å². The molecule has 1 saturated heterocycles. The van der Waals surface area contributed by atoms with Crippen LogP contribution in [-0.2, 0) is 11.3 Å². The van der Waals surface area contributed by atoms with Crippen LogP contribution < -0.4 is 10.9 Å². The molecule has 6 nitrogen and oxygen atoms in total. The predicted octanol–water partition coefficient (Wildman–Crippen LogP) is 3.79.